The van der Waals surface area contributed by atoms with Crippen LogP contribution in [0.4, 0.5) is 0 Å². The van der Waals surface area contributed by atoms with E-state index in [1.807, 2.05) is 0 Å². The molecule has 0 atom stereocenters. The number of fused-ring (bicyclic) bond motifs is 1. The molecule has 1 aromatic heterocycles. The number of hydrogen-bond donors (Lipinski definition) is 6. The summed E-state index contributed by atoms with van der Waals surface area (Å²) in [5.74, 6) is -2.96. The molecule has 8 nitrogen and oxygen atoms in total. The van der Waals surface area contributed by atoms with Crippen molar-refractivity contribution >= 4 is 11.0 Å². The van der Waals surface area contributed by atoms with Crippen LogP contribution in [0.25, 0.3) is 22.3 Å². The average Bonchev–Trinajstić information content (AvgIpc) is 2.57. The Bertz CT molecular complexity index is 1040. The smallest absolute Gasteiger partial charge is 0.238 e. The zero-order chi connectivity index (χ0) is 18.3. The number of phenolic OH excluding ortho intramolecular Hbond substituents is 4. The van der Waals surface area contributed by atoms with Gasteiger partial charge in [-0.15, -0.1) is 0 Å². The van der Waals surface area contributed by atoms with Gasteiger partial charge in [0.2, 0.25) is 11.2 Å². The van der Waals surface area contributed by atoms with E-state index >= 15 is 0 Å². The zero-order valence-corrected chi connectivity index (χ0v) is 12.7. The second kappa shape index (κ2) is 5.91. The minimum absolute atomic E-state index is 0.0447. The van der Waals surface area contributed by atoms with Gasteiger partial charge < -0.3 is 35.1 Å². The molecule has 0 aliphatic rings. The molecule has 3 rings (SSSR count). The molecule has 25 heavy (non-hydrogen) atoms. The molecule has 0 amide bonds. The fourth-order valence-corrected chi connectivity index (χ4v) is 2.57. The van der Waals surface area contributed by atoms with Gasteiger partial charge in [-0.1, -0.05) is 0 Å². The standard InChI is InChI=1S/C17H14O8/c18-4-3-8-10(20)6-12-13(14(8)22)15(23)16(24)17(25-12)7-1-2-9(19)11(21)5-7/h1-2,5-6,18-22,24H,3-4H2. The van der Waals surface area contributed by atoms with E-state index in [4.69, 9.17) is 9.52 Å². The third-order valence-corrected chi connectivity index (χ3v) is 3.81. The summed E-state index contributed by atoms with van der Waals surface area (Å²) in [5, 5.41) is 57.9. The van der Waals surface area contributed by atoms with Crippen LogP contribution in [0.5, 0.6) is 28.7 Å². The monoisotopic (exact) mass is 346 g/mol. The van der Waals surface area contributed by atoms with Crippen molar-refractivity contribution in [2.75, 3.05) is 6.61 Å². The zero-order valence-electron chi connectivity index (χ0n) is 12.7. The molecule has 0 radical (unpaired) electrons. The minimum atomic E-state index is -0.944. The van der Waals surface area contributed by atoms with Crippen LogP contribution in [-0.4, -0.2) is 37.2 Å². The van der Waals surface area contributed by atoms with Gasteiger partial charge in [-0.2, -0.15) is 0 Å². The molecule has 0 bridgehead atoms. The van der Waals surface area contributed by atoms with Crippen molar-refractivity contribution in [2.45, 2.75) is 6.42 Å². The van der Waals surface area contributed by atoms with Crippen molar-refractivity contribution in [3.63, 3.8) is 0 Å². The summed E-state index contributed by atoms with van der Waals surface area (Å²) in [6.07, 6.45) is -0.0958. The van der Waals surface area contributed by atoms with E-state index in [1.165, 1.54) is 6.07 Å². The van der Waals surface area contributed by atoms with Gasteiger partial charge in [-0.3, -0.25) is 4.79 Å². The van der Waals surface area contributed by atoms with Crippen molar-refractivity contribution in [3.05, 3.63) is 40.1 Å². The predicted octanol–water partition coefficient (Wildman–Crippen LogP) is 1.52. The van der Waals surface area contributed by atoms with Crippen molar-refractivity contribution in [3.8, 4) is 40.1 Å². The quantitative estimate of drug-likeness (QED) is 0.391. The van der Waals surface area contributed by atoms with E-state index in [0.717, 1.165) is 18.2 Å². The first-order chi connectivity index (χ1) is 11.8. The van der Waals surface area contributed by atoms with E-state index < -0.39 is 28.4 Å². The second-order valence-electron chi connectivity index (χ2n) is 5.38. The lowest BCUT2D eigenvalue weighted by atomic mass is 10.0. The highest BCUT2D eigenvalue weighted by Gasteiger charge is 2.22. The van der Waals surface area contributed by atoms with Gasteiger partial charge in [-0.25, -0.2) is 0 Å². The molecule has 2 aromatic carbocycles. The van der Waals surface area contributed by atoms with Crippen LogP contribution >= 0.6 is 0 Å². The summed E-state index contributed by atoms with van der Waals surface area (Å²) in [6.45, 7) is -0.366. The first-order valence-corrected chi connectivity index (χ1v) is 7.22. The molecule has 130 valence electrons. The van der Waals surface area contributed by atoms with Gasteiger partial charge in [0.05, 0.1) is 0 Å². The third-order valence-electron chi connectivity index (χ3n) is 3.81. The number of phenols is 4. The van der Waals surface area contributed by atoms with Crippen LogP contribution in [0.1, 0.15) is 5.56 Å². The lowest BCUT2D eigenvalue weighted by Crippen LogP contribution is -2.05. The number of aromatic hydroxyl groups is 5. The Morgan fingerprint density at radius 2 is 1.60 bits per heavy atom. The Morgan fingerprint density at radius 3 is 2.24 bits per heavy atom. The maximum Gasteiger partial charge on any atom is 0.238 e. The van der Waals surface area contributed by atoms with Gasteiger partial charge >= 0.3 is 0 Å². The van der Waals surface area contributed by atoms with Gasteiger partial charge in [-0.05, 0) is 18.2 Å². The molecule has 1 heterocycles. The summed E-state index contributed by atoms with van der Waals surface area (Å²) in [7, 11) is 0. The third kappa shape index (κ3) is 2.58. The number of rotatable bonds is 3. The molecule has 6 N–H and O–H groups in total. The summed E-state index contributed by atoms with van der Waals surface area (Å²) < 4.78 is 5.42. The van der Waals surface area contributed by atoms with Crippen LogP contribution in [-0.2, 0) is 6.42 Å². The van der Waals surface area contributed by atoms with E-state index in [-0.39, 0.29) is 46.6 Å². The molecule has 0 saturated carbocycles. The molecule has 0 aliphatic heterocycles. The topological polar surface area (TPSA) is 152 Å². The maximum absolute atomic E-state index is 12.4. The van der Waals surface area contributed by atoms with Crippen LogP contribution < -0.4 is 5.43 Å². The Kier molecular flexibility index (Phi) is 3.90. The average molecular weight is 346 g/mol. The molecular formula is C17H14O8. The van der Waals surface area contributed by atoms with Crippen LogP contribution in [0.3, 0.4) is 0 Å². The van der Waals surface area contributed by atoms with Gasteiger partial charge in [0.1, 0.15) is 22.5 Å². The second-order valence-corrected chi connectivity index (χ2v) is 5.38. The largest absolute Gasteiger partial charge is 0.507 e. The normalized spacial score (nSPS) is 11.1. The maximum atomic E-state index is 12.4. The Hall–Kier alpha value is -3.39. The van der Waals surface area contributed by atoms with E-state index in [2.05, 4.69) is 0 Å². The fraction of sp³-hybridized carbons (Fsp3) is 0.118. The predicted molar refractivity (Wildman–Crippen MR) is 87.0 cm³/mol. The molecule has 8 heteroatoms. The van der Waals surface area contributed by atoms with Crippen molar-refractivity contribution < 1.29 is 35.1 Å². The summed E-state index contributed by atoms with van der Waals surface area (Å²) >= 11 is 0. The van der Waals surface area contributed by atoms with Gasteiger partial charge in [0.25, 0.3) is 0 Å². The Balaban J connectivity index is 2.34. The van der Waals surface area contributed by atoms with E-state index in [9.17, 15) is 30.3 Å². The number of aliphatic hydroxyl groups is 1. The highest BCUT2D eigenvalue weighted by molar-refractivity contribution is 5.89. The molecule has 0 spiro atoms. The van der Waals surface area contributed by atoms with Crippen LogP contribution in [0.2, 0.25) is 0 Å². The van der Waals surface area contributed by atoms with Crippen molar-refractivity contribution in [1.29, 1.82) is 0 Å². The van der Waals surface area contributed by atoms with Crippen molar-refractivity contribution in [1.82, 2.24) is 0 Å². The minimum Gasteiger partial charge on any atom is -0.507 e. The lowest BCUT2D eigenvalue weighted by molar-refractivity contribution is 0.295. The van der Waals surface area contributed by atoms with Crippen molar-refractivity contribution in [2.24, 2.45) is 0 Å². The highest BCUT2D eigenvalue weighted by Crippen LogP contribution is 2.39. The first-order valence-electron chi connectivity index (χ1n) is 7.22. The van der Waals surface area contributed by atoms with E-state index in [0.29, 0.717) is 0 Å². The Morgan fingerprint density at radius 1 is 0.880 bits per heavy atom. The van der Waals surface area contributed by atoms with Gasteiger partial charge in [0, 0.05) is 30.2 Å². The highest BCUT2D eigenvalue weighted by atomic mass is 16.4. The molecule has 3 aromatic rings. The fourth-order valence-electron chi connectivity index (χ4n) is 2.57. The molecular weight excluding hydrogens is 332 g/mol. The number of benzene rings is 2. The Labute approximate surface area is 140 Å². The number of hydrogen-bond acceptors (Lipinski definition) is 8. The first kappa shape index (κ1) is 16.5. The molecule has 0 saturated heterocycles. The molecule has 0 unspecified atom stereocenters. The summed E-state index contributed by atoms with van der Waals surface area (Å²) in [4.78, 5) is 12.4. The van der Waals surface area contributed by atoms with Crippen LogP contribution in [0, 0.1) is 0 Å². The lowest BCUT2D eigenvalue weighted by Gasteiger charge is -2.11. The molecule has 0 aliphatic carbocycles. The van der Waals surface area contributed by atoms with Gasteiger partial charge in [0.15, 0.2) is 17.3 Å². The summed E-state index contributed by atoms with van der Waals surface area (Å²) in [6, 6.07) is 4.62. The SMILES string of the molecule is O=c1c(O)c(-c2ccc(O)c(O)c2)oc2cc(O)c(CCO)c(O)c12. The number of aliphatic hydroxyl groups excluding tert-OH is 1. The van der Waals surface area contributed by atoms with E-state index in [1.54, 1.807) is 0 Å². The summed E-state index contributed by atoms with van der Waals surface area (Å²) in [5.41, 5.74) is -1.08. The van der Waals surface area contributed by atoms with Crippen LogP contribution in [0.15, 0.2) is 33.5 Å². The molecule has 0 fully saturated rings.